The van der Waals surface area contributed by atoms with Gasteiger partial charge in [0.25, 0.3) is 0 Å². The highest BCUT2D eigenvalue weighted by Gasteiger charge is 2.14. The molecule has 1 aromatic carbocycles. The topological polar surface area (TPSA) is 76.3 Å². The molecule has 0 bridgehead atoms. The number of fused-ring (bicyclic) bond motifs is 1. The minimum atomic E-state index is -0.190. The molecule has 0 spiro atoms. The summed E-state index contributed by atoms with van der Waals surface area (Å²) in [6.45, 7) is 2.14. The Balaban J connectivity index is 2.24. The molecule has 1 unspecified atom stereocenters. The zero-order valence-electron chi connectivity index (χ0n) is 11.0. The van der Waals surface area contributed by atoms with Crippen molar-refractivity contribution in [2.24, 2.45) is 0 Å². The first-order valence-electron chi connectivity index (χ1n) is 6.58. The third kappa shape index (κ3) is 2.92. The first kappa shape index (κ1) is 13.1. The number of aromatic nitrogens is 2. The van der Waals surface area contributed by atoms with Gasteiger partial charge in [-0.05, 0) is 24.6 Å². The van der Waals surface area contributed by atoms with Gasteiger partial charge in [-0.1, -0.05) is 26.2 Å². The van der Waals surface area contributed by atoms with Crippen LogP contribution in [0.2, 0.25) is 0 Å². The Hall–Kier alpha value is -2.33. The quantitative estimate of drug-likeness (QED) is 0.825. The molecule has 0 aliphatic heterocycles. The van der Waals surface area contributed by atoms with Crippen molar-refractivity contribution in [2.45, 2.75) is 38.5 Å². The van der Waals surface area contributed by atoms with E-state index in [0.717, 1.165) is 36.7 Å². The van der Waals surface area contributed by atoms with E-state index in [4.69, 9.17) is 5.26 Å². The van der Waals surface area contributed by atoms with E-state index in [1.54, 1.807) is 12.1 Å². The van der Waals surface area contributed by atoms with Gasteiger partial charge in [-0.3, -0.25) is 0 Å². The Bertz CT molecular complexity index is 642. The summed E-state index contributed by atoms with van der Waals surface area (Å²) in [5, 5.41) is 18.1. The SMILES string of the molecule is CCCCCC(C#N)c1nc2ccc(C#N)cc2[nH]1. The van der Waals surface area contributed by atoms with Crippen molar-refractivity contribution < 1.29 is 0 Å². The van der Waals surface area contributed by atoms with E-state index in [9.17, 15) is 5.26 Å². The number of nitrogens with one attached hydrogen (secondary N) is 1. The lowest BCUT2D eigenvalue weighted by Gasteiger charge is -2.04. The Morgan fingerprint density at radius 2 is 2.16 bits per heavy atom. The molecule has 2 rings (SSSR count). The van der Waals surface area contributed by atoms with E-state index in [-0.39, 0.29) is 5.92 Å². The van der Waals surface area contributed by atoms with Crippen molar-refractivity contribution in [2.75, 3.05) is 0 Å². The Labute approximate surface area is 112 Å². The van der Waals surface area contributed by atoms with Crippen molar-refractivity contribution in [3.05, 3.63) is 29.6 Å². The molecule has 1 atom stereocenters. The fourth-order valence-corrected chi connectivity index (χ4v) is 2.12. The van der Waals surface area contributed by atoms with Crippen LogP contribution < -0.4 is 0 Å². The average molecular weight is 252 g/mol. The van der Waals surface area contributed by atoms with Gasteiger partial charge in [0.05, 0.1) is 28.7 Å². The number of imidazole rings is 1. The average Bonchev–Trinajstić information content (AvgIpc) is 2.86. The Kier molecular flexibility index (Phi) is 4.15. The second kappa shape index (κ2) is 6.02. The summed E-state index contributed by atoms with van der Waals surface area (Å²) < 4.78 is 0. The number of H-pyrrole nitrogens is 1. The molecule has 4 nitrogen and oxygen atoms in total. The summed E-state index contributed by atoms with van der Waals surface area (Å²) in [6, 6.07) is 9.73. The van der Waals surface area contributed by atoms with Gasteiger partial charge in [0.2, 0.25) is 0 Å². The van der Waals surface area contributed by atoms with Gasteiger partial charge < -0.3 is 4.98 Å². The summed E-state index contributed by atoms with van der Waals surface area (Å²) in [5.41, 5.74) is 2.23. The molecule has 19 heavy (non-hydrogen) atoms. The molecule has 0 amide bonds. The third-order valence-electron chi connectivity index (χ3n) is 3.21. The van der Waals surface area contributed by atoms with Crippen molar-refractivity contribution in [3.8, 4) is 12.1 Å². The molecule has 96 valence electrons. The fourth-order valence-electron chi connectivity index (χ4n) is 2.12. The molecule has 2 aromatic rings. The molecule has 4 heteroatoms. The summed E-state index contributed by atoms with van der Waals surface area (Å²) in [6.07, 6.45) is 4.14. The number of hydrogen-bond acceptors (Lipinski definition) is 3. The molecule has 1 heterocycles. The standard InChI is InChI=1S/C15H16N4/c1-2-3-4-5-12(10-17)15-18-13-7-6-11(9-16)8-14(13)19-15/h6-8,12H,2-5H2,1H3,(H,18,19). The van der Waals surface area contributed by atoms with Gasteiger partial charge in [-0.25, -0.2) is 4.98 Å². The number of aromatic amines is 1. The highest BCUT2D eigenvalue weighted by atomic mass is 14.9. The number of nitrogens with zero attached hydrogens (tertiary/aromatic N) is 3. The normalized spacial score (nSPS) is 11.9. The zero-order valence-corrected chi connectivity index (χ0v) is 11.0. The second-order valence-corrected chi connectivity index (χ2v) is 4.64. The lowest BCUT2D eigenvalue weighted by atomic mass is 10.0. The van der Waals surface area contributed by atoms with Crippen LogP contribution in [-0.2, 0) is 0 Å². The number of unbranched alkanes of at least 4 members (excludes halogenated alkanes) is 2. The predicted molar refractivity (Wildman–Crippen MR) is 73.3 cm³/mol. The molecule has 0 saturated carbocycles. The van der Waals surface area contributed by atoms with Crippen LogP contribution in [0, 0.1) is 22.7 Å². The molecule has 0 radical (unpaired) electrons. The van der Waals surface area contributed by atoms with Crippen LogP contribution in [0.25, 0.3) is 11.0 Å². The summed E-state index contributed by atoms with van der Waals surface area (Å²) in [7, 11) is 0. The van der Waals surface area contributed by atoms with Gasteiger partial charge in [0.1, 0.15) is 11.7 Å². The minimum Gasteiger partial charge on any atom is -0.341 e. The molecular formula is C15H16N4. The highest BCUT2D eigenvalue weighted by Crippen LogP contribution is 2.22. The first-order chi connectivity index (χ1) is 9.28. The maximum absolute atomic E-state index is 9.24. The summed E-state index contributed by atoms with van der Waals surface area (Å²) >= 11 is 0. The minimum absolute atomic E-state index is 0.190. The maximum atomic E-state index is 9.24. The van der Waals surface area contributed by atoms with Crippen LogP contribution >= 0.6 is 0 Å². The van der Waals surface area contributed by atoms with E-state index >= 15 is 0 Å². The Morgan fingerprint density at radius 1 is 1.32 bits per heavy atom. The van der Waals surface area contributed by atoms with Crippen LogP contribution in [0.4, 0.5) is 0 Å². The smallest absolute Gasteiger partial charge is 0.124 e. The molecule has 0 aliphatic carbocycles. The van der Waals surface area contributed by atoms with E-state index in [1.807, 2.05) is 6.07 Å². The number of rotatable bonds is 5. The number of nitriles is 2. The van der Waals surface area contributed by atoms with Gasteiger partial charge in [-0.2, -0.15) is 10.5 Å². The molecule has 0 aliphatic rings. The van der Waals surface area contributed by atoms with E-state index < -0.39 is 0 Å². The number of benzene rings is 1. The highest BCUT2D eigenvalue weighted by molar-refractivity contribution is 5.76. The first-order valence-corrected chi connectivity index (χ1v) is 6.58. The third-order valence-corrected chi connectivity index (χ3v) is 3.21. The van der Waals surface area contributed by atoms with Crippen molar-refractivity contribution in [3.63, 3.8) is 0 Å². The van der Waals surface area contributed by atoms with Crippen molar-refractivity contribution in [1.82, 2.24) is 9.97 Å². The van der Waals surface area contributed by atoms with Crippen LogP contribution in [0.3, 0.4) is 0 Å². The van der Waals surface area contributed by atoms with Crippen molar-refractivity contribution in [1.29, 1.82) is 10.5 Å². The van der Waals surface area contributed by atoms with Gasteiger partial charge in [-0.15, -0.1) is 0 Å². The monoisotopic (exact) mass is 252 g/mol. The van der Waals surface area contributed by atoms with Crippen LogP contribution in [-0.4, -0.2) is 9.97 Å². The predicted octanol–water partition coefficient (Wildman–Crippen LogP) is 3.62. The largest absolute Gasteiger partial charge is 0.341 e. The van der Waals surface area contributed by atoms with E-state index in [2.05, 4.69) is 29.0 Å². The fraction of sp³-hybridized carbons (Fsp3) is 0.400. The summed E-state index contributed by atoms with van der Waals surface area (Å²) in [5.74, 6) is 0.521. The summed E-state index contributed by atoms with van der Waals surface area (Å²) in [4.78, 5) is 7.61. The number of hydrogen-bond donors (Lipinski definition) is 1. The van der Waals surface area contributed by atoms with Gasteiger partial charge in [0.15, 0.2) is 0 Å². The Morgan fingerprint density at radius 3 is 2.84 bits per heavy atom. The van der Waals surface area contributed by atoms with Gasteiger partial charge >= 0.3 is 0 Å². The van der Waals surface area contributed by atoms with E-state index in [0.29, 0.717) is 11.4 Å². The van der Waals surface area contributed by atoms with Crippen LogP contribution in [0.5, 0.6) is 0 Å². The molecule has 1 aromatic heterocycles. The molecule has 1 N–H and O–H groups in total. The second-order valence-electron chi connectivity index (χ2n) is 4.64. The van der Waals surface area contributed by atoms with Crippen LogP contribution in [0.15, 0.2) is 18.2 Å². The van der Waals surface area contributed by atoms with Crippen LogP contribution in [0.1, 0.15) is 49.9 Å². The molecule has 0 saturated heterocycles. The van der Waals surface area contributed by atoms with Gasteiger partial charge in [0, 0.05) is 0 Å². The molecular weight excluding hydrogens is 236 g/mol. The van der Waals surface area contributed by atoms with Crippen molar-refractivity contribution >= 4 is 11.0 Å². The lowest BCUT2D eigenvalue weighted by molar-refractivity contribution is 0.619. The zero-order chi connectivity index (χ0) is 13.7. The lowest BCUT2D eigenvalue weighted by Crippen LogP contribution is -1.98. The van der Waals surface area contributed by atoms with E-state index in [1.165, 1.54) is 0 Å². The maximum Gasteiger partial charge on any atom is 0.124 e. The molecule has 0 fully saturated rings.